The first-order chi connectivity index (χ1) is 9.75. The predicted molar refractivity (Wildman–Crippen MR) is 76.3 cm³/mol. The number of rotatable bonds is 6. The second kappa shape index (κ2) is 7.90. The number of benzene rings is 1. The Hall–Kier alpha value is -1.55. The lowest BCUT2D eigenvalue weighted by Gasteiger charge is -2.15. The minimum atomic E-state index is -0.923. The molecule has 0 atom stereocenters. The van der Waals surface area contributed by atoms with Crippen LogP contribution in [0.5, 0.6) is 5.75 Å². The molecule has 2 rings (SSSR count). The zero-order valence-electron chi connectivity index (χ0n) is 11.7. The lowest BCUT2D eigenvalue weighted by molar-refractivity contribution is 0.0254. The smallest absolute Gasteiger partial charge is 0.335 e. The number of hydrogen-bond acceptors (Lipinski definition) is 3. The number of carbonyl (C=O) groups is 1. The van der Waals surface area contributed by atoms with Crippen LogP contribution in [-0.4, -0.2) is 30.4 Å². The molecule has 1 aliphatic carbocycles. The summed E-state index contributed by atoms with van der Waals surface area (Å²) in [6, 6.07) is 6.44. The highest BCUT2D eigenvalue weighted by Gasteiger charge is 2.12. The van der Waals surface area contributed by atoms with Crippen molar-refractivity contribution in [2.75, 3.05) is 13.2 Å². The van der Waals surface area contributed by atoms with Crippen LogP contribution in [0.2, 0.25) is 0 Å². The van der Waals surface area contributed by atoms with Crippen LogP contribution in [0.1, 0.15) is 48.9 Å². The Morgan fingerprint density at radius 3 is 2.30 bits per heavy atom. The highest BCUT2D eigenvalue weighted by molar-refractivity contribution is 5.87. The fourth-order valence-electron chi connectivity index (χ4n) is 2.48. The molecule has 0 radical (unpaired) electrons. The third-order valence-electron chi connectivity index (χ3n) is 3.61. The van der Waals surface area contributed by atoms with Crippen molar-refractivity contribution in [2.45, 2.75) is 44.6 Å². The van der Waals surface area contributed by atoms with Crippen molar-refractivity contribution in [3.8, 4) is 5.75 Å². The van der Waals surface area contributed by atoms with E-state index in [-0.39, 0.29) is 5.56 Å². The van der Waals surface area contributed by atoms with Crippen molar-refractivity contribution in [2.24, 2.45) is 0 Å². The van der Waals surface area contributed by atoms with E-state index in [1.807, 2.05) is 0 Å². The molecule has 1 aromatic carbocycles. The Labute approximate surface area is 119 Å². The summed E-state index contributed by atoms with van der Waals surface area (Å²) in [5.74, 6) is -0.243. The number of ether oxygens (including phenoxy) is 2. The Kier molecular flexibility index (Phi) is 5.87. The fourth-order valence-corrected chi connectivity index (χ4v) is 2.48. The minimum absolute atomic E-state index is 0.270. The van der Waals surface area contributed by atoms with Gasteiger partial charge >= 0.3 is 5.97 Å². The molecule has 0 unspecified atom stereocenters. The summed E-state index contributed by atoms with van der Waals surface area (Å²) < 4.78 is 11.4. The molecule has 1 fully saturated rings. The maximum atomic E-state index is 10.7. The minimum Gasteiger partial charge on any atom is -0.491 e. The molecule has 1 aliphatic rings. The standard InChI is InChI=1S/C16H22O4/c17-16(18)13-7-9-15(10-8-13)20-12-11-19-14-5-3-1-2-4-6-14/h7-10,14H,1-6,11-12H2,(H,17,18). The topological polar surface area (TPSA) is 55.8 Å². The van der Waals surface area contributed by atoms with E-state index < -0.39 is 5.97 Å². The molecule has 0 aliphatic heterocycles. The highest BCUT2D eigenvalue weighted by Crippen LogP contribution is 2.19. The van der Waals surface area contributed by atoms with Gasteiger partial charge in [0.1, 0.15) is 12.4 Å². The number of aromatic carboxylic acids is 1. The maximum Gasteiger partial charge on any atom is 0.335 e. The van der Waals surface area contributed by atoms with Crippen LogP contribution in [0.15, 0.2) is 24.3 Å². The fraction of sp³-hybridized carbons (Fsp3) is 0.562. The summed E-state index contributed by atoms with van der Waals surface area (Å²) in [5, 5.41) is 8.80. The summed E-state index contributed by atoms with van der Waals surface area (Å²) in [7, 11) is 0. The third kappa shape index (κ3) is 4.85. The van der Waals surface area contributed by atoms with Crippen LogP contribution in [0.25, 0.3) is 0 Å². The lowest BCUT2D eigenvalue weighted by Crippen LogP contribution is -2.16. The van der Waals surface area contributed by atoms with Crippen molar-refractivity contribution < 1.29 is 19.4 Å². The monoisotopic (exact) mass is 278 g/mol. The number of carboxylic acid groups (broad SMARTS) is 1. The molecule has 20 heavy (non-hydrogen) atoms. The molecule has 0 saturated heterocycles. The van der Waals surface area contributed by atoms with Gasteiger partial charge in [0, 0.05) is 0 Å². The van der Waals surface area contributed by atoms with Gasteiger partial charge in [0.05, 0.1) is 18.3 Å². The van der Waals surface area contributed by atoms with Gasteiger partial charge < -0.3 is 14.6 Å². The van der Waals surface area contributed by atoms with E-state index in [2.05, 4.69) is 0 Å². The molecule has 0 amide bonds. The molecule has 110 valence electrons. The second-order valence-electron chi connectivity index (χ2n) is 5.16. The van der Waals surface area contributed by atoms with E-state index in [9.17, 15) is 4.79 Å². The van der Waals surface area contributed by atoms with Crippen molar-refractivity contribution in [1.82, 2.24) is 0 Å². The first-order valence-electron chi connectivity index (χ1n) is 7.33. The third-order valence-corrected chi connectivity index (χ3v) is 3.61. The average Bonchev–Trinajstić information content (AvgIpc) is 2.73. The molecule has 4 nitrogen and oxygen atoms in total. The normalized spacial score (nSPS) is 16.6. The van der Waals surface area contributed by atoms with E-state index >= 15 is 0 Å². The van der Waals surface area contributed by atoms with Gasteiger partial charge in [-0.25, -0.2) is 4.79 Å². The van der Waals surface area contributed by atoms with Gasteiger partial charge in [0.15, 0.2) is 0 Å². The average molecular weight is 278 g/mol. The van der Waals surface area contributed by atoms with Gasteiger partial charge in [-0.2, -0.15) is 0 Å². The van der Waals surface area contributed by atoms with Gasteiger partial charge in [-0.05, 0) is 37.1 Å². The molecular weight excluding hydrogens is 256 g/mol. The summed E-state index contributed by atoms with van der Waals surface area (Å²) in [4.78, 5) is 10.7. The molecule has 0 heterocycles. The van der Waals surface area contributed by atoms with Crippen molar-refractivity contribution in [1.29, 1.82) is 0 Å². The molecule has 4 heteroatoms. The molecular formula is C16H22O4. The van der Waals surface area contributed by atoms with Gasteiger partial charge in [0.25, 0.3) is 0 Å². The highest BCUT2D eigenvalue weighted by atomic mass is 16.5. The van der Waals surface area contributed by atoms with Gasteiger partial charge in [-0.3, -0.25) is 0 Å². The van der Waals surface area contributed by atoms with Crippen LogP contribution < -0.4 is 4.74 Å². The van der Waals surface area contributed by atoms with Crippen molar-refractivity contribution >= 4 is 5.97 Å². The number of hydrogen-bond donors (Lipinski definition) is 1. The van der Waals surface area contributed by atoms with E-state index in [1.165, 1.54) is 25.7 Å². The summed E-state index contributed by atoms with van der Waals surface area (Å²) in [6.07, 6.45) is 7.89. The zero-order valence-corrected chi connectivity index (χ0v) is 11.7. The molecule has 0 bridgehead atoms. The predicted octanol–water partition coefficient (Wildman–Crippen LogP) is 3.50. The molecule has 0 spiro atoms. The van der Waals surface area contributed by atoms with E-state index in [1.54, 1.807) is 24.3 Å². The van der Waals surface area contributed by atoms with Crippen LogP contribution in [0, 0.1) is 0 Å². The maximum absolute atomic E-state index is 10.7. The largest absolute Gasteiger partial charge is 0.491 e. The summed E-state index contributed by atoms with van der Waals surface area (Å²) >= 11 is 0. The van der Waals surface area contributed by atoms with Crippen molar-refractivity contribution in [3.63, 3.8) is 0 Å². The Morgan fingerprint density at radius 1 is 1.05 bits per heavy atom. The van der Waals surface area contributed by atoms with Gasteiger partial charge in [-0.15, -0.1) is 0 Å². The quantitative estimate of drug-likeness (QED) is 0.639. The van der Waals surface area contributed by atoms with E-state index in [0.29, 0.717) is 25.1 Å². The zero-order chi connectivity index (χ0) is 14.2. The Morgan fingerprint density at radius 2 is 1.70 bits per heavy atom. The molecule has 1 aromatic rings. The summed E-state index contributed by atoms with van der Waals surface area (Å²) in [5.41, 5.74) is 0.270. The lowest BCUT2D eigenvalue weighted by atomic mass is 10.1. The van der Waals surface area contributed by atoms with E-state index in [4.69, 9.17) is 14.6 Å². The van der Waals surface area contributed by atoms with Gasteiger partial charge in [0.2, 0.25) is 0 Å². The van der Waals surface area contributed by atoms with Crippen molar-refractivity contribution in [3.05, 3.63) is 29.8 Å². The SMILES string of the molecule is O=C(O)c1ccc(OCCOC2CCCCCC2)cc1. The molecule has 0 aromatic heterocycles. The number of carboxylic acids is 1. The van der Waals surface area contributed by atoms with Crippen LogP contribution in [-0.2, 0) is 4.74 Å². The van der Waals surface area contributed by atoms with Crippen LogP contribution in [0.3, 0.4) is 0 Å². The summed E-state index contributed by atoms with van der Waals surface area (Å²) in [6.45, 7) is 1.09. The van der Waals surface area contributed by atoms with Crippen LogP contribution >= 0.6 is 0 Å². The first-order valence-corrected chi connectivity index (χ1v) is 7.33. The Bertz CT molecular complexity index is 405. The van der Waals surface area contributed by atoms with Gasteiger partial charge in [-0.1, -0.05) is 25.7 Å². The molecule has 1 saturated carbocycles. The second-order valence-corrected chi connectivity index (χ2v) is 5.16. The van der Waals surface area contributed by atoms with E-state index in [0.717, 1.165) is 12.8 Å². The molecule has 1 N–H and O–H groups in total. The van der Waals surface area contributed by atoms with Crippen LogP contribution in [0.4, 0.5) is 0 Å². The first kappa shape index (κ1) is 14.9. The Balaban J connectivity index is 1.66.